The van der Waals surface area contributed by atoms with Crippen LogP contribution >= 0.6 is 0 Å². The van der Waals surface area contributed by atoms with Crippen LogP contribution in [0.4, 0.5) is 4.79 Å². The van der Waals surface area contributed by atoms with Gasteiger partial charge in [-0.15, -0.1) is 10.1 Å². The number of amides is 2. The zero-order valence-corrected chi connectivity index (χ0v) is 33.6. The lowest BCUT2D eigenvalue weighted by molar-refractivity contribution is -0.763. The molecule has 0 aliphatic carbocycles. The second-order valence-corrected chi connectivity index (χ2v) is 15.0. The van der Waals surface area contributed by atoms with Crippen molar-refractivity contribution >= 4 is 18.0 Å². The number of carbonyl (C=O) groups is 3. The van der Waals surface area contributed by atoms with Gasteiger partial charge in [0.2, 0.25) is 5.91 Å². The highest BCUT2D eigenvalue weighted by atomic mass is 16.9. The molecule has 3 N–H and O–H groups in total. The van der Waals surface area contributed by atoms with Gasteiger partial charge < -0.3 is 44.3 Å². The minimum absolute atomic E-state index is 0.0294. The SMILES string of the molecule is COCCCOc1cc(C[C@@H](C[C@H](NC(=O)OC(C)(C)C)[C@@H](O)C[C@H](C(=O)NCCOC(=O)c2ccc(CO[N+](=O)[O-])cc2)C(C)C)C(C)C)cnc1OC. The number of alkyl carbamates (subject to hydrolysis) is 1. The van der Waals surface area contributed by atoms with E-state index in [2.05, 4.69) is 34.3 Å². The number of rotatable bonds is 24. The van der Waals surface area contributed by atoms with E-state index in [0.717, 1.165) is 5.56 Å². The predicted molar refractivity (Wildman–Crippen MR) is 203 cm³/mol. The molecule has 4 atom stereocenters. The highest BCUT2D eigenvalue weighted by molar-refractivity contribution is 5.89. The molecule has 55 heavy (non-hydrogen) atoms. The number of nitrogens with one attached hydrogen (secondary N) is 2. The number of nitrogens with zero attached hydrogens (tertiary/aromatic N) is 2. The van der Waals surface area contributed by atoms with Crippen molar-refractivity contribution in [2.75, 3.05) is 40.6 Å². The van der Waals surface area contributed by atoms with Gasteiger partial charge in [-0.2, -0.15) is 0 Å². The van der Waals surface area contributed by atoms with E-state index in [-0.39, 0.29) is 55.4 Å². The van der Waals surface area contributed by atoms with Crippen molar-refractivity contribution in [2.24, 2.45) is 23.7 Å². The monoisotopic (exact) mass is 776 g/mol. The Morgan fingerprint density at radius 1 is 0.964 bits per heavy atom. The Kier molecular flexibility index (Phi) is 19.7. The normalized spacial score (nSPS) is 13.7. The van der Waals surface area contributed by atoms with Gasteiger partial charge in [0.1, 0.15) is 18.8 Å². The van der Waals surface area contributed by atoms with Gasteiger partial charge in [-0.3, -0.25) is 4.79 Å². The van der Waals surface area contributed by atoms with E-state index < -0.39 is 40.8 Å². The Hall–Kier alpha value is -4.70. The summed E-state index contributed by atoms with van der Waals surface area (Å²) in [6, 6.07) is 7.10. The fraction of sp³-hybridized carbons (Fsp3) is 0.641. The van der Waals surface area contributed by atoms with Crippen molar-refractivity contribution in [1.29, 1.82) is 0 Å². The number of ether oxygens (including phenoxy) is 5. The van der Waals surface area contributed by atoms with Gasteiger partial charge in [-0.1, -0.05) is 39.8 Å². The van der Waals surface area contributed by atoms with Crippen molar-refractivity contribution in [3.05, 3.63) is 63.3 Å². The van der Waals surface area contributed by atoms with Crippen LogP contribution in [0.3, 0.4) is 0 Å². The molecular formula is C39H60N4O12. The van der Waals surface area contributed by atoms with Crippen LogP contribution in [0.5, 0.6) is 11.6 Å². The van der Waals surface area contributed by atoms with E-state index in [9.17, 15) is 29.6 Å². The molecule has 16 nitrogen and oxygen atoms in total. The number of methoxy groups -OCH3 is 2. The second-order valence-electron chi connectivity index (χ2n) is 15.0. The molecule has 0 saturated carbocycles. The Labute approximate surface area is 324 Å². The summed E-state index contributed by atoms with van der Waals surface area (Å²) >= 11 is 0. The zero-order chi connectivity index (χ0) is 41.1. The lowest BCUT2D eigenvalue weighted by atomic mass is 9.80. The van der Waals surface area contributed by atoms with Crippen LogP contribution in [-0.4, -0.2) is 91.5 Å². The molecule has 308 valence electrons. The summed E-state index contributed by atoms with van der Waals surface area (Å²) < 4.78 is 27.3. The van der Waals surface area contributed by atoms with Crippen molar-refractivity contribution in [3.63, 3.8) is 0 Å². The van der Waals surface area contributed by atoms with E-state index >= 15 is 0 Å². The Morgan fingerprint density at radius 3 is 2.24 bits per heavy atom. The third-order valence-corrected chi connectivity index (χ3v) is 8.78. The van der Waals surface area contributed by atoms with E-state index in [1.165, 1.54) is 31.4 Å². The first kappa shape index (κ1) is 46.5. The number of esters is 1. The molecule has 0 aliphatic rings. The lowest BCUT2D eigenvalue weighted by Gasteiger charge is -2.33. The molecule has 0 radical (unpaired) electrons. The molecule has 0 fully saturated rings. The molecule has 0 bridgehead atoms. The van der Waals surface area contributed by atoms with Crippen LogP contribution < -0.4 is 20.1 Å². The highest BCUT2D eigenvalue weighted by Crippen LogP contribution is 2.30. The molecule has 0 saturated heterocycles. The maximum atomic E-state index is 13.4. The van der Waals surface area contributed by atoms with Crippen LogP contribution in [0.2, 0.25) is 0 Å². The summed E-state index contributed by atoms with van der Waals surface area (Å²) in [6.07, 6.45) is 1.62. The molecule has 2 aromatic rings. The van der Waals surface area contributed by atoms with Gasteiger partial charge in [0.05, 0.1) is 38.0 Å². The molecule has 0 unspecified atom stereocenters. The first-order valence-corrected chi connectivity index (χ1v) is 18.6. The minimum Gasteiger partial charge on any atom is -0.488 e. The van der Waals surface area contributed by atoms with E-state index in [0.29, 0.717) is 49.7 Å². The van der Waals surface area contributed by atoms with Gasteiger partial charge in [-0.25, -0.2) is 14.6 Å². The van der Waals surface area contributed by atoms with Gasteiger partial charge in [0, 0.05) is 32.3 Å². The molecule has 2 amide bonds. The van der Waals surface area contributed by atoms with Crippen molar-refractivity contribution in [2.45, 2.75) is 98.5 Å². The predicted octanol–water partition coefficient (Wildman–Crippen LogP) is 5.31. The lowest BCUT2D eigenvalue weighted by Crippen LogP contribution is -2.49. The molecule has 16 heteroatoms. The third-order valence-electron chi connectivity index (χ3n) is 8.78. The molecule has 0 spiro atoms. The number of aliphatic hydroxyl groups is 1. The van der Waals surface area contributed by atoms with Crippen LogP contribution in [0.15, 0.2) is 36.5 Å². The molecule has 1 aromatic heterocycles. The fourth-order valence-electron chi connectivity index (χ4n) is 5.72. The number of benzene rings is 1. The number of aromatic nitrogens is 1. The largest absolute Gasteiger partial charge is 0.488 e. The molecular weight excluding hydrogens is 716 g/mol. The van der Waals surface area contributed by atoms with E-state index in [1.807, 2.05) is 19.9 Å². The van der Waals surface area contributed by atoms with Crippen LogP contribution in [0.1, 0.15) is 89.2 Å². The van der Waals surface area contributed by atoms with Crippen LogP contribution in [0, 0.1) is 33.8 Å². The van der Waals surface area contributed by atoms with Crippen molar-refractivity contribution in [3.8, 4) is 11.6 Å². The molecule has 2 rings (SSSR count). The fourth-order valence-corrected chi connectivity index (χ4v) is 5.72. The van der Waals surface area contributed by atoms with Crippen LogP contribution in [-0.2, 0) is 36.9 Å². The van der Waals surface area contributed by atoms with Gasteiger partial charge in [0.25, 0.3) is 11.0 Å². The first-order chi connectivity index (χ1) is 25.9. The van der Waals surface area contributed by atoms with E-state index in [4.69, 9.17) is 23.7 Å². The summed E-state index contributed by atoms with van der Waals surface area (Å²) in [5, 5.41) is 26.9. The smallest absolute Gasteiger partial charge is 0.407 e. The Balaban J connectivity index is 2.14. The second kappa shape index (κ2) is 23.3. The van der Waals surface area contributed by atoms with Crippen molar-refractivity contribution < 1.29 is 53.1 Å². The maximum absolute atomic E-state index is 13.4. The third kappa shape index (κ3) is 17.5. The summed E-state index contributed by atoms with van der Waals surface area (Å²) in [7, 11) is 3.16. The Bertz CT molecular complexity index is 1500. The number of carbonyl (C=O) groups excluding carboxylic acids is 3. The maximum Gasteiger partial charge on any atom is 0.407 e. The topological polar surface area (TPSA) is 207 Å². The number of pyridine rings is 1. The number of hydrogen-bond acceptors (Lipinski definition) is 13. The molecule has 1 aromatic carbocycles. The number of hydrogen-bond donors (Lipinski definition) is 3. The highest BCUT2D eigenvalue weighted by Gasteiger charge is 2.33. The summed E-state index contributed by atoms with van der Waals surface area (Å²) in [6.45, 7) is 13.8. The molecule has 1 heterocycles. The number of aliphatic hydroxyl groups excluding tert-OH is 1. The molecule has 0 aliphatic heterocycles. The zero-order valence-electron chi connectivity index (χ0n) is 33.6. The summed E-state index contributed by atoms with van der Waals surface area (Å²) in [4.78, 5) is 58.1. The standard InChI is InChI=1S/C39H60N4O12/c1-25(2)30(19-28-20-34(36(51-9)41-23-28)52-17-10-16-50-8)21-32(42-38(47)55-39(5,6)7)33(44)22-31(26(3)4)35(45)40-15-18-53-37(46)29-13-11-27(12-14-29)24-54-43(48)49/h11-14,20,23,25-26,30-33,44H,10,15-19,21-22,24H2,1-9H3,(H,40,45)(H,42,47)/t30-,31-,32-,33-/m0/s1. The van der Waals surface area contributed by atoms with Gasteiger partial charge in [-0.05, 0) is 87.1 Å². The minimum atomic E-state index is -1.11. The van der Waals surface area contributed by atoms with Gasteiger partial charge in [0.15, 0.2) is 5.75 Å². The van der Waals surface area contributed by atoms with Gasteiger partial charge >= 0.3 is 12.1 Å². The van der Waals surface area contributed by atoms with Crippen molar-refractivity contribution in [1.82, 2.24) is 15.6 Å². The van der Waals surface area contributed by atoms with E-state index in [1.54, 1.807) is 34.1 Å². The average molecular weight is 777 g/mol. The summed E-state index contributed by atoms with van der Waals surface area (Å²) in [5.41, 5.74) is 0.866. The summed E-state index contributed by atoms with van der Waals surface area (Å²) in [5.74, 6) is -0.784. The average Bonchev–Trinajstić information content (AvgIpc) is 3.11. The van der Waals surface area contributed by atoms with Crippen LogP contribution in [0.25, 0.3) is 0 Å². The quantitative estimate of drug-likeness (QED) is 0.0536. The first-order valence-electron chi connectivity index (χ1n) is 18.6. The Morgan fingerprint density at radius 2 is 1.65 bits per heavy atom.